The van der Waals surface area contributed by atoms with Gasteiger partial charge in [-0.25, -0.2) is 4.98 Å². The van der Waals surface area contributed by atoms with Crippen LogP contribution in [-0.4, -0.2) is 24.3 Å². The first-order chi connectivity index (χ1) is 9.22. The predicted octanol–water partition coefficient (Wildman–Crippen LogP) is 2.37. The quantitative estimate of drug-likeness (QED) is 0.895. The van der Waals surface area contributed by atoms with Gasteiger partial charge in [0.05, 0.1) is 20.3 Å². The predicted molar refractivity (Wildman–Crippen MR) is 72.4 cm³/mol. The topological polar surface area (TPSA) is 51.6 Å². The molecule has 100 valence electrons. The third-order valence-electron chi connectivity index (χ3n) is 2.94. The molecule has 1 unspecified atom stereocenters. The minimum atomic E-state index is -0.555. The van der Waals surface area contributed by atoms with Crippen LogP contribution in [0, 0.1) is 0 Å². The van der Waals surface area contributed by atoms with Gasteiger partial charge in [0.1, 0.15) is 5.75 Å². The fraction of sp³-hybridized carbons (Fsp3) is 0.267. The van der Waals surface area contributed by atoms with Crippen molar-refractivity contribution in [2.75, 3.05) is 14.2 Å². The summed E-state index contributed by atoms with van der Waals surface area (Å²) in [6.07, 6.45) is 1.68. The van der Waals surface area contributed by atoms with Gasteiger partial charge in [-0.3, -0.25) is 0 Å². The van der Waals surface area contributed by atoms with E-state index in [0.717, 1.165) is 16.9 Å². The van der Waals surface area contributed by atoms with Crippen LogP contribution >= 0.6 is 0 Å². The second kappa shape index (κ2) is 6.20. The second-order valence-corrected chi connectivity index (χ2v) is 4.20. The molecule has 0 saturated carbocycles. The molecule has 1 N–H and O–H groups in total. The van der Waals surface area contributed by atoms with Gasteiger partial charge in [-0.05, 0) is 23.3 Å². The molecule has 2 rings (SSSR count). The molecule has 2 aromatic rings. The summed E-state index contributed by atoms with van der Waals surface area (Å²) in [7, 11) is 3.20. The van der Waals surface area contributed by atoms with Gasteiger partial charge in [-0.2, -0.15) is 0 Å². The Balaban J connectivity index is 2.04. The van der Waals surface area contributed by atoms with Crippen molar-refractivity contribution in [3.8, 4) is 11.6 Å². The summed E-state index contributed by atoms with van der Waals surface area (Å²) >= 11 is 0. The smallest absolute Gasteiger partial charge is 0.212 e. The van der Waals surface area contributed by atoms with Gasteiger partial charge in [0.2, 0.25) is 5.88 Å². The monoisotopic (exact) mass is 259 g/mol. The first kappa shape index (κ1) is 13.4. The maximum Gasteiger partial charge on any atom is 0.212 e. The number of aliphatic hydroxyl groups excluding tert-OH is 1. The highest BCUT2D eigenvalue weighted by Gasteiger charge is 2.09. The fourth-order valence-corrected chi connectivity index (χ4v) is 1.82. The molecule has 0 fully saturated rings. The molecule has 0 aliphatic carbocycles. The van der Waals surface area contributed by atoms with Gasteiger partial charge in [-0.15, -0.1) is 0 Å². The van der Waals surface area contributed by atoms with Crippen LogP contribution in [0.15, 0.2) is 42.6 Å². The molecule has 0 radical (unpaired) electrons. The van der Waals surface area contributed by atoms with E-state index in [2.05, 4.69) is 4.98 Å². The Morgan fingerprint density at radius 1 is 1.05 bits per heavy atom. The summed E-state index contributed by atoms with van der Waals surface area (Å²) in [6, 6.07) is 11.1. The van der Waals surface area contributed by atoms with Crippen LogP contribution in [0.25, 0.3) is 0 Å². The van der Waals surface area contributed by atoms with E-state index in [9.17, 15) is 5.11 Å². The molecule has 1 aromatic carbocycles. The highest BCUT2D eigenvalue weighted by molar-refractivity contribution is 5.29. The first-order valence-electron chi connectivity index (χ1n) is 6.04. The van der Waals surface area contributed by atoms with Crippen molar-refractivity contribution in [2.24, 2.45) is 0 Å². The summed E-state index contributed by atoms with van der Waals surface area (Å²) in [5, 5.41) is 10.2. The van der Waals surface area contributed by atoms with Gasteiger partial charge in [0, 0.05) is 18.7 Å². The van der Waals surface area contributed by atoms with Crippen LogP contribution < -0.4 is 9.47 Å². The molecule has 0 amide bonds. The first-order valence-corrected chi connectivity index (χ1v) is 6.04. The molecule has 0 bridgehead atoms. The van der Waals surface area contributed by atoms with Crippen molar-refractivity contribution in [1.82, 2.24) is 4.98 Å². The van der Waals surface area contributed by atoms with E-state index >= 15 is 0 Å². The van der Waals surface area contributed by atoms with Crippen molar-refractivity contribution in [2.45, 2.75) is 12.5 Å². The highest BCUT2D eigenvalue weighted by atomic mass is 16.5. The van der Waals surface area contributed by atoms with Gasteiger partial charge in [0.15, 0.2) is 0 Å². The van der Waals surface area contributed by atoms with E-state index in [-0.39, 0.29) is 0 Å². The molecule has 0 saturated heterocycles. The van der Waals surface area contributed by atoms with Crippen LogP contribution in [0.4, 0.5) is 0 Å². The van der Waals surface area contributed by atoms with Crippen LogP contribution in [-0.2, 0) is 6.42 Å². The standard InChI is InChI=1S/C15H17NO3/c1-18-13-6-4-12(5-7-13)14(17)9-11-3-8-15(19-2)16-10-11/h3-8,10,14,17H,9H2,1-2H3. The minimum Gasteiger partial charge on any atom is -0.497 e. The molecule has 19 heavy (non-hydrogen) atoms. The van der Waals surface area contributed by atoms with E-state index in [1.165, 1.54) is 0 Å². The van der Waals surface area contributed by atoms with Crippen LogP contribution in [0.1, 0.15) is 17.2 Å². The molecule has 1 atom stereocenters. The van der Waals surface area contributed by atoms with Crippen molar-refractivity contribution < 1.29 is 14.6 Å². The van der Waals surface area contributed by atoms with Crippen molar-refractivity contribution in [3.05, 3.63) is 53.7 Å². The molecular formula is C15H17NO3. The Morgan fingerprint density at radius 2 is 1.79 bits per heavy atom. The second-order valence-electron chi connectivity index (χ2n) is 4.20. The molecule has 4 nitrogen and oxygen atoms in total. The number of aromatic nitrogens is 1. The largest absolute Gasteiger partial charge is 0.497 e. The normalized spacial score (nSPS) is 11.9. The van der Waals surface area contributed by atoms with Gasteiger partial charge >= 0.3 is 0 Å². The Morgan fingerprint density at radius 3 is 2.32 bits per heavy atom. The maximum atomic E-state index is 10.2. The van der Waals surface area contributed by atoms with E-state index in [1.54, 1.807) is 26.5 Å². The zero-order valence-electron chi connectivity index (χ0n) is 11.0. The number of hydrogen-bond donors (Lipinski definition) is 1. The number of benzene rings is 1. The average molecular weight is 259 g/mol. The van der Waals surface area contributed by atoms with Crippen molar-refractivity contribution in [3.63, 3.8) is 0 Å². The maximum absolute atomic E-state index is 10.2. The molecule has 4 heteroatoms. The van der Waals surface area contributed by atoms with Crippen molar-refractivity contribution >= 4 is 0 Å². The highest BCUT2D eigenvalue weighted by Crippen LogP contribution is 2.21. The number of rotatable bonds is 5. The third kappa shape index (κ3) is 3.45. The van der Waals surface area contributed by atoms with Crippen LogP contribution in [0.2, 0.25) is 0 Å². The number of ether oxygens (including phenoxy) is 2. The number of nitrogens with zero attached hydrogens (tertiary/aromatic N) is 1. The molecule has 0 aliphatic heterocycles. The Hall–Kier alpha value is -2.07. The lowest BCUT2D eigenvalue weighted by atomic mass is 10.0. The summed E-state index contributed by atoms with van der Waals surface area (Å²) in [5.41, 5.74) is 1.82. The van der Waals surface area contributed by atoms with E-state index in [1.807, 2.05) is 30.3 Å². The van der Waals surface area contributed by atoms with Gasteiger partial charge in [0.25, 0.3) is 0 Å². The Kier molecular flexibility index (Phi) is 4.36. The van der Waals surface area contributed by atoms with Crippen LogP contribution in [0.3, 0.4) is 0 Å². The number of hydrogen-bond acceptors (Lipinski definition) is 4. The number of pyridine rings is 1. The summed E-state index contributed by atoms with van der Waals surface area (Å²) < 4.78 is 10.1. The Labute approximate surface area is 112 Å². The summed E-state index contributed by atoms with van der Waals surface area (Å²) in [4.78, 5) is 4.12. The van der Waals surface area contributed by atoms with Crippen LogP contribution in [0.5, 0.6) is 11.6 Å². The lowest BCUT2D eigenvalue weighted by molar-refractivity contribution is 0.178. The minimum absolute atomic E-state index is 0.517. The fourth-order valence-electron chi connectivity index (χ4n) is 1.82. The van der Waals surface area contributed by atoms with Crippen molar-refractivity contribution in [1.29, 1.82) is 0 Å². The lowest BCUT2D eigenvalue weighted by Gasteiger charge is -2.11. The molecule has 0 spiro atoms. The Bertz CT molecular complexity index is 508. The average Bonchev–Trinajstić information content (AvgIpc) is 2.48. The van der Waals surface area contributed by atoms with E-state index in [4.69, 9.17) is 9.47 Å². The van der Waals surface area contributed by atoms with Gasteiger partial charge in [-0.1, -0.05) is 18.2 Å². The molecular weight excluding hydrogens is 242 g/mol. The zero-order chi connectivity index (χ0) is 13.7. The molecule has 1 heterocycles. The lowest BCUT2D eigenvalue weighted by Crippen LogP contribution is -2.02. The van der Waals surface area contributed by atoms with E-state index < -0.39 is 6.10 Å². The third-order valence-corrected chi connectivity index (χ3v) is 2.94. The van der Waals surface area contributed by atoms with Gasteiger partial charge < -0.3 is 14.6 Å². The molecule has 0 aliphatic rings. The number of methoxy groups -OCH3 is 2. The summed E-state index contributed by atoms with van der Waals surface area (Å²) in [5.74, 6) is 1.35. The molecule has 1 aromatic heterocycles. The number of aliphatic hydroxyl groups is 1. The summed E-state index contributed by atoms with van der Waals surface area (Å²) in [6.45, 7) is 0. The SMILES string of the molecule is COc1ccc(C(O)Cc2ccc(OC)nc2)cc1. The zero-order valence-corrected chi connectivity index (χ0v) is 11.0. The van der Waals surface area contributed by atoms with E-state index in [0.29, 0.717) is 12.3 Å².